The Morgan fingerprint density at radius 3 is 2.35 bits per heavy atom. The maximum atomic E-state index is 4.49. The molecule has 226 valence electrons. The molecule has 0 aromatic heterocycles. The van der Waals surface area contributed by atoms with E-state index in [1.807, 2.05) is 0 Å². The zero-order chi connectivity index (χ0) is 29.8. The predicted octanol–water partition coefficient (Wildman–Crippen LogP) is 12.3. The Morgan fingerprint density at radius 1 is 0.791 bits per heavy atom. The van der Waals surface area contributed by atoms with Gasteiger partial charge in [-0.15, -0.1) is 0 Å². The van der Waals surface area contributed by atoms with Gasteiger partial charge < -0.3 is 0 Å². The van der Waals surface area contributed by atoms with E-state index in [9.17, 15) is 0 Å². The molecule has 0 aliphatic heterocycles. The third-order valence-corrected chi connectivity index (χ3v) is 10.6. The Kier molecular flexibility index (Phi) is 9.42. The fraction of sp³-hybridized carbons (Fsp3) is 0.488. The molecule has 3 aromatic carbocycles. The molecule has 0 nitrogen and oxygen atoms in total. The van der Waals surface area contributed by atoms with Gasteiger partial charge in [-0.05, 0) is 138 Å². The summed E-state index contributed by atoms with van der Waals surface area (Å²) in [5, 5.41) is 0. The lowest BCUT2D eigenvalue weighted by atomic mass is 9.73. The van der Waals surface area contributed by atoms with Crippen LogP contribution in [0.25, 0.3) is 17.2 Å². The zero-order valence-corrected chi connectivity index (χ0v) is 27.3. The molecule has 0 unspecified atom stereocenters. The number of hydrogen-bond donors (Lipinski definition) is 0. The summed E-state index contributed by atoms with van der Waals surface area (Å²) in [5.41, 5.74) is 13.6. The minimum atomic E-state index is 0.358. The van der Waals surface area contributed by atoms with Crippen LogP contribution in [0.15, 0.2) is 78.9 Å². The van der Waals surface area contributed by atoms with Crippen molar-refractivity contribution < 1.29 is 0 Å². The molecular formula is C43H54. The summed E-state index contributed by atoms with van der Waals surface area (Å²) in [6.07, 6.45) is 22.8. The van der Waals surface area contributed by atoms with Crippen LogP contribution in [0.2, 0.25) is 0 Å². The summed E-state index contributed by atoms with van der Waals surface area (Å²) in [7, 11) is 0. The predicted molar refractivity (Wildman–Crippen MR) is 187 cm³/mol. The Labute approximate surface area is 262 Å². The Hall–Kier alpha value is -2.86. The summed E-state index contributed by atoms with van der Waals surface area (Å²) in [4.78, 5) is 0. The van der Waals surface area contributed by atoms with E-state index in [4.69, 9.17) is 0 Å². The van der Waals surface area contributed by atoms with Gasteiger partial charge in [0.1, 0.15) is 0 Å². The molecule has 3 aliphatic carbocycles. The molecule has 6 rings (SSSR count). The first-order valence-electron chi connectivity index (χ1n) is 17.5. The Balaban J connectivity index is 1.14. The maximum absolute atomic E-state index is 4.49. The lowest BCUT2D eigenvalue weighted by molar-refractivity contribution is 0.273. The molecule has 0 N–H and O–H groups in total. The summed E-state index contributed by atoms with van der Waals surface area (Å²) >= 11 is 0. The highest BCUT2D eigenvalue weighted by Crippen LogP contribution is 2.40. The fourth-order valence-electron chi connectivity index (χ4n) is 8.38. The van der Waals surface area contributed by atoms with Crippen LogP contribution in [0.5, 0.6) is 0 Å². The number of benzene rings is 3. The van der Waals surface area contributed by atoms with Gasteiger partial charge >= 0.3 is 0 Å². The van der Waals surface area contributed by atoms with Crippen molar-refractivity contribution in [3.05, 3.63) is 112 Å². The van der Waals surface area contributed by atoms with E-state index in [-0.39, 0.29) is 0 Å². The lowest BCUT2D eigenvalue weighted by Gasteiger charge is -2.32. The van der Waals surface area contributed by atoms with Crippen molar-refractivity contribution >= 4 is 6.08 Å². The lowest BCUT2D eigenvalue weighted by Crippen LogP contribution is -2.19. The van der Waals surface area contributed by atoms with E-state index in [0.717, 1.165) is 24.7 Å². The largest absolute Gasteiger partial charge is 0.0996 e. The van der Waals surface area contributed by atoms with Crippen LogP contribution in [0, 0.1) is 17.3 Å². The second kappa shape index (κ2) is 13.4. The number of allylic oxidation sites excluding steroid dienone is 2. The minimum Gasteiger partial charge on any atom is -0.0996 e. The molecule has 0 spiro atoms. The van der Waals surface area contributed by atoms with Crippen LogP contribution in [-0.2, 0) is 19.3 Å². The molecule has 2 fully saturated rings. The van der Waals surface area contributed by atoms with Gasteiger partial charge in [0, 0.05) is 0 Å². The normalized spacial score (nSPS) is 20.7. The number of hydrogen-bond acceptors (Lipinski definition) is 0. The summed E-state index contributed by atoms with van der Waals surface area (Å²) in [5.74, 6) is 2.34. The van der Waals surface area contributed by atoms with Crippen molar-refractivity contribution in [3.8, 4) is 11.1 Å². The van der Waals surface area contributed by atoms with Crippen molar-refractivity contribution in [1.82, 2.24) is 0 Å². The Morgan fingerprint density at radius 2 is 1.56 bits per heavy atom. The molecule has 3 aliphatic rings. The van der Waals surface area contributed by atoms with Gasteiger partial charge in [0.15, 0.2) is 0 Å². The average Bonchev–Trinajstić information content (AvgIpc) is 3.49. The molecule has 2 saturated carbocycles. The standard InChI is InChI=1S/C43H54/c1-31(30-43(2,3)4)36-23-21-32(22-24-36)19-20-33-11-8-12-34(25-33)26-35-27-39(37-13-6-5-7-14-37)29-40(28-35)42-18-10-16-38-15-9-17-41(38)42/h8-12,16-18,25,27-29,32,36-37H,1,5-7,13-15,19-24,26,30H2,2-4H3. The number of fused-ring (bicyclic) bond motifs is 1. The quantitative estimate of drug-likeness (QED) is 0.224. The SMILES string of the molecule is C=C(CC(C)(C)C)C1CCC(CCc2cccc(Cc3cc(-c4cccc5c4C=CC5)cc(C4CCCCC4)c3)c2)CC1. The molecule has 0 bridgehead atoms. The fourth-order valence-corrected chi connectivity index (χ4v) is 8.38. The molecule has 0 atom stereocenters. The topological polar surface area (TPSA) is 0 Å². The van der Waals surface area contributed by atoms with Gasteiger partial charge in [-0.1, -0.05) is 125 Å². The molecule has 3 aromatic rings. The van der Waals surface area contributed by atoms with E-state index >= 15 is 0 Å². The van der Waals surface area contributed by atoms with Gasteiger partial charge in [0.2, 0.25) is 0 Å². The number of rotatable bonds is 9. The summed E-state index contributed by atoms with van der Waals surface area (Å²) < 4.78 is 0. The van der Waals surface area contributed by atoms with E-state index in [0.29, 0.717) is 11.3 Å². The van der Waals surface area contributed by atoms with Gasteiger partial charge in [0.25, 0.3) is 0 Å². The average molecular weight is 571 g/mol. The second-order valence-corrected chi connectivity index (χ2v) is 15.4. The van der Waals surface area contributed by atoms with Crippen molar-refractivity contribution in [2.75, 3.05) is 0 Å². The van der Waals surface area contributed by atoms with Crippen LogP contribution in [0.3, 0.4) is 0 Å². The highest BCUT2D eigenvalue weighted by Gasteiger charge is 2.25. The molecule has 0 radical (unpaired) electrons. The summed E-state index contributed by atoms with van der Waals surface area (Å²) in [6.45, 7) is 11.5. The highest BCUT2D eigenvalue weighted by atomic mass is 14.3. The molecule has 0 saturated heterocycles. The summed E-state index contributed by atoms with van der Waals surface area (Å²) in [6, 6.07) is 24.0. The minimum absolute atomic E-state index is 0.358. The monoisotopic (exact) mass is 570 g/mol. The van der Waals surface area contributed by atoms with Crippen molar-refractivity contribution in [2.24, 2.45) is 17.3 Å². The first-order valence-corrected chi connectivity index (χ1v) is 17.5. The van der Waals surface area contributed by atoms with E-state index in [1.165, 1.54) is 122 Å². The first kappa shape index (κ1) is 30.2. The third-order valence-electron chi connectivity index (χ3n) is 10.6. The van der Waals surface area contributed by atoms with Crippen LogP contribution >= 0.6 is 0 Å². The van der Waals surface area contributed by atoms with Gasteiger partial charge in [-0.25, -0.2) is 0 Å². The van der Waals surface area contributed by atoms with Crippen LogP contribution < -0.4 is 0 Å². The maximum Gasteiger partial charge on any atom is -0.00254 e. The van der Waals surface area contributed by atoms with Crippen LogP contribution in [0.1, 0.15) is 131 Å². The van der Waals surface area contributed by atoms with Crippen molar-refractivity contribution in [2.45, 2.75) is 117 Å². The number of aryl methyl sites for hydroxylation is 1. The van der Waals surface area contributed by atoms with Gasteiger partial charge in [-0.2, -0.15) is 0 Å². The van der Waals surface area contributed by atoms with Gasteiger partial charge in [0.05, 0.1) is 0 Å². The van der Waals surface area contributed by atoms with Crippen LogP contribution in [-0.4, -0.2) is 0 Å². The van der Waals surface area contributed by atoms with Crippen LogP contribution in [0.4, 0.5) is 0 Å². The third kappa shape index (κ3) is 7.81. The zero-order valence-electron chi connectivity index (χ0n) is 27.3. The van der Waals surface area contributed by atoms with E-state index in [2.05, 4.69) is 100 Å². The van der Waals surface area contributed by atoms with Crippen molar-refractivity contribution in [1.29, 1.82) is 0 Å². The van der Waals surface area contributed by atoms with E-state index < -0.39 is 0 Å². The first-order chi connectivity index (χ1) is 20.8. The molecule has 0 amide bonds. The Bertz CT molecular complexity index is 1430. The molecule has 0 heterocycles. The molecule has 43 heavy (non-hydrogen) atoms. The van der Waals surface area contributed by atoms with Crippen molar-refractivity contribution in [3.63, 3.8) is 0 Å². The molecule has 0 heteroatoms. The smallest absolute Gasteiger partial charge is 0.00254 e. The second-order valence-electron chi connectivity index (χ2n) is 15.4. The molecular weight excluding hydrogens is 516 g/mol. The highest BCUT2D eigenvalue weighted by molar-refractivity contribution is 5.80. The van der Waals surface area contributed by atoms with Gasteiger partial charge in [-0.3, -0.25) is 0 Å². The van der Waals surface area contributed by atoms with E-state index in [1.54, 1.807) is 5.56 Å².